The molecule has 1 aromatic heterocycles. The molecule has 2 rings (SSSR count). The average molecular weight is 250 g/mol. The second-order valence-corrected chi connectivity index (χ2v) is 3.73. The number of carbonyl (C=O) groups is 1. The quantitative estimate of drug-likeness (QED) is 0.326. The minimum absolute atomic E-state index is 0.228. The Morgan fingerprint density at radius 3 is 2.71 bits per heavy atom. The molecule has 0 aliphatic rings. The number of nitrogens with one attached hydrogen (secondary N) is 2. The molecule has 1 aromatic carbocycles. The van der Waals surface area contributed by atoms with Crippen LogP contribution in [0.2, 0.25) is 0 Å². The fourth-order valence-corrected chi connectivity index (χ4v) is 1.48. The molecule has 0 saturated heterocycles. The van der Waals surface area contributed by atoms with Crippen molar-refractivity contribution in [3.05, 3.63) is 34.7 Å². The predicted octanol–water partition coefficient (Wildman–Crippen LogP) is 0.932. The lowest BCUT2D eigenvalue weighted by Gasteiger charge is -2.00. The van der Waals surface area contributed by atoms with Crippen LogP contribution in [0, 0.1) is 4.84 Å². The highest BCUT2D eigenvalue weighted by Crippen LogP contribution is 2.17. The first-order valence-electron chi connectivity index (χ1n) is 4.83. The number of nitrogens with two attached hydrogens (primary N) is 1. The lowest BCUT2D eigenvalue weighted by atomic mass is 10.1. The van der Waals surface area contributed by atoms with E-state index in [1.165, 1.54) is 0 Å². The van der Waals surface area contributed by atoms with Crippen LogP contribution in [0.15, 0.2) is 28.7 Å². The summed E-state index contributed by atoms with van der Waals surface area (Å²) in [7, 11) is 0. The van der Waals surface area contributed by atoms with Crippen molar-refractivity contribution in [3.63, 3.8) is 0 Å². The number of hydrogen-bond donors (Lipinski definition) is 3. The van der Waals surface area contributed by atoms with Crippen molar-refractivity contribution in [3.8, 4) is 11.5 Å². The molecular formula is C10H10N4O2S. The number of amides is 1. The molecule has 0 radical (unpaired) electrons. The summed E-state index contributed by atoms with van der Waals surface area (Å²) in [5.41, 5.74) is 3.71. The van der Waals surface area contributed by atoms with Gasteiger partial charge in [-0.15, -0.1) is 5.10 Å². The number of aromatic nitrogens is 2. The average Bonchev–Trinajstić information content (AvgIpc) is 2.77. The first-order chi connectivity index (χ1) is 8.19. The molecule has 0 fully saturated rings. The molecule has 7 heteroatoms. The number of H-pyrrole nitrogens is 1. The first kappa shape index (κ1) is 11.5. The second kappa shape index (κ2) is 4.89. The van der Waals surface area contributed by atoms with Crippen LogP contribution in [0.3, 0.4) is 0 Å². The molecule has 0 aliphatic carbocycles. The molecular weight excluding hydrogens is 240 g/mol. The van der Waals surface area contributed by atoms with E-state index >= 15 is 0 Å². The Morgan fingerprint density at radius 1 is 1.47 bits per heavy atom. The summed E-state index contributed by atoms with van der Waals surface area (Å²) in [4.78, 5) is 11.3. The topological polar surface area (TPSA) is 96.9 Å². The van der Waals surface area contributed by atoms with Crippen LogP contribution in [0.5, 0.6) is 0 Å². The Balaban J connectivity index is 2.18. The zero-order valence-corrected chi connectivity index (χ0v) is 9.58. The summed E-state index contributed by atoms with van der Waals surface area (Å²) in [6.45, 7) is 0. The van der Waals surface area contributed by atoms with E-state index in [1.54, 1.807) is 24.3 Å². The number of nitrogens with zero attached hydrogens (tertiary/aromatic N) is 1. The van der Waals surface area contributed by atoms with Crippen LogP contribution in [0.4, 0.5) is 0 Å². The number of benzene rings is 1. The SMILES string of the molecule is NNC(=O)Cc1ccc(-c2n[nH]c(=S)o2)cc1. The number of hydrazine groups is 1. The van der Waals surface area contributed by atoms with E-state index in [-0.39, 0.29) is 17.2 Å². The third-order valence-electron chi connectivity index (χ3n) is 2.16. The summed E-state index contributed by atoms with van der Waals surface area (Å²) in [5.74, 6) is 5.18. The van der Waals surface area contributed by atoms with E-state index in [9.17, 15) is 4.79 Å². The highest BCUT2D eigenvalue weighted by Gasteiger charge is 2.05. The van der Waals surface area contributed by atoms with E-state index < -0.39 is 0 Å². The van der Waals surface area contributed by atoms with Crippen molar-refractivity contribution in [2.45, 2.75) is 6.42 Å². The van der Waals surface area contributed by atoms with E-state index in [0.29, 0.717) is 5.89 Å². The Kier molecular flexibility index (Phi) is 3.31. The third kappa shape index (κ3) is 2.77. The molecule has 88 valence electrons. The van der Waals surface area contributed by atoms with Crippen LogP contribution >= 0.6 is 12.2 Å². The summed E-state index contributed by atoms with van der Waals surface area (Å²) in [5, 5.41) is 6.44. The van der Waals surface area contributed by atoms with Gasteiger partial charge in [-0.05, 0) is 29.9 Å². The summed E-state index contributed by atoms with van der Waals surface area (Å²) in [6.07, 6.45) is 0.237. The fraction of sp³-hybridized carbons (Fsp3) is 0.100. The van der Waals surface area contributed by atoms with Crippen LogP contribution in [-0.2, 0) is 11.2 Å². The van der Waals surface area contributed by atoms with Gasteiger partial charge in [0.05, 0.1) is 6.42 Å². The first-order valence-corrected chi connectivity index (χ1v) is 5.24. The molecule has 0 bridgehead atoms. The molecule has 0 aliphatic heterocycles. The van der Waals surface area contributed by atoms with Gasteiger partial charge in [0, 0.05) is 5.56 Å². The van der Waals surface area contributed by atoms with Crippen LogP contribution in [0.1, 0.15) is 5.56 Å². The number of hydrogen-bond acceptors (Lipinski definition) is 5. The maximum absolute atomic E-state index is 11.1. The Morgan fingerprint density at radius 2 is 2.18 bits per heavy atom. The van der Waals surface area contributed by atoms with Crippen LogP contribution < -0.4 is 11.3 Å². The molecule has 2 aromatic rings. The zero-order chi connectivity index (χ0) is 12.3. The van der Waals surface area contributed by atoms with Gasteiger partial charge < -0.3 is 4.42 Å². The highest BCUT2D eigenvalue weighted by atomic mass is 32.1. The van der Waals surface area contributed by atoms with Crippen molar-refractivity contribution in [1.29, 1.82) is 0 Å². The standard InChI is InChI=1S/C10H10N4O2S/c11-12-8(15)5-6-1-3-7(4-2-6)9-13-14-10(17)16-9/h1-4H,5,11H2,(H,12,15)(H,14,17). The fourth-order valence-electron chi connectivity index (χ4n) is 1.35. The van der Waals surface area contributed by atoms with Gasteiger partial charge in [-0.3, -0.25) is 10.2 Å². The van der Waals surface area contributed by atoms with Gasteiger partial charge in [0.25, 0.3) is 4.84 Å². The van der Waals surface area contributed by atoms with Crippen molar-refractivity contribution < 1.29 is 9.21 Å². The third-order valence-corrected chi connectivity index (χ3v) is 2.34. The van der Waals surface area contributed by atoms with Crippen LogP contribution in [0.25, 0.3) is 11.5 Å². The van der Waals surface area contributed by atoms with Gasteiger partial charge in [0.1, 0.15) is 0 Å². The molecule has 6 nitrogen and oxygen atoms in total. The summed E-state index contributed by atoms with van der Waals surface area (Å²) >= 11 is 4.78. The normalized spacial score (nSPS) is 10.2. The lowest BCUT2D eigenvalue weighted by Crippen LogP contribution is -2.31. The Hall–Kier alpha value is -1.99. The summed E-state index contributed by atoms with van der Waals surface area (Å²) in [6, 6.07) is 7.21. The van der Waals surface area contributed by atoms with E-state index in [2.05, 4.69) is 15.6 Å². The van der Waals surface area contributed by atoms with Gasteiger partial charge in [-0.2, -0.15) is 0 Å². The molecule has 0 spiro atoms. The van der Waals surface area contributed by atoms with Gasteiger partial charge in [0.2, 0.25) is 11.8 Å². The van der Waals surface area contributed by atoms with Crippen molar-refractivity contribution in [2.75, 3.05) is 0 Å². The highest BCUT2D eigenvalue weighted by molar-refractivity contribution is 7.71. The van der Waals surface area contributed by atoms with Crippen LogP contribution in [-0.4, -0.2) is 16.1 Å². The number of rotatable bonds is 3. The van der Waals surface area contributed by atoms with Crippen molar-refractivity contribution in [2.24, 2.45) is 5.84 Å². The minimum Gasteiger partial charge on any atom is -0.409 e. The molecule has 0 unspecified atom stereocenters. The summed E-state index contributed by atoms with van der Waals surface area (Å²) < 4.78 is 5.16. The molecule has 1 amide bonds. The molecule has 0 saturated carbocycles. The van der Waals surface area contributed by atoms with Crippen molar-refractivity contribution in [1.82, 2.24) is 15.6 Å². The van der Waals surface area contributed by atoms with Crippen molar-refractivity contribution >= 4 is 18.1 Å². The van der Waals surface area contributed by atoms with Gasteiger partial charge in [0.15, 0.2) is 0 Å². The number of carbonyl (C=O) groups excluding carboxylic acids is 1. The van der Waals surface area contributed by atoms with Gasteiger partial charge in [-0.1, -0.05) is 12.1 Å². The maximum atomic E-state index is 11.1. The predicted molar refractivity (Wildman–Crippen MR) is 63.2 cm³/mol. The minimum atomic E-state index is -0.241. The smallest absolute Gasteiger partial charge is 0.284 e. The molecule has 0 atom stereocenters. The lowest BCUT2D eigenvalue weighted by molar-refractivity contribution is -0.120. The second-order valence-electron chi connectivity index (χ2n) is 3.36. The monoisotopic (exact) mass is 250 g/mol. The van der Waals surface area contributed by atoms with Gasteiger partial charge in [-0.25, -0.2) is 10.9 Å². The van der Waals surface area contributed by atoms with E-state index in [1.807, 2.05) is 0 Å². The molecule has 4 N–H and O–H groups in total. The molecule has 1 heterocycles. The Labute approximate surface area is 102 Å². The maximum Gasteiger partial charge on any atom is 0.284 e. The van der Waals surface area contributed by atoms with Gasteiger partial charge >= 0.3 is 0 Å². The molecule has 17 heavy (non-hydrogen) atoms. The van der Waals surface area contributed by atoms with E-state index in [4.69, 9.17) is 22.5 Å². The van der Waals surface area contributed by atoms with E-state index in [0.717, 1.165) is 11.1 Å². The zero-order valence-electron chi connectivity index (χ0n) is 8.77. The Bertz CT molecular complexity index is 572. The largest absolute Gasteiger partial charge is 0.409 e. The number of aromatic amines is 1.